The summed E-state index contributed by atoms with van der Waals surface area (Å²) in [5, 5.41) is 13.7. The van der Waals surface area contributed by atoms with Gasteiger partial charge in [-0.3, -0.25) is 4.79 Å². The van der Waals surface area contributed by atoms with Crippen LogP contribution in [0.3, 0.4) is 0 Å². The summed E-state index contributed by atoms with van der Waals surface area (Å²) < 4.78 is 5.21. The van der Waals surface area contributed by atoms with E-state index in [-0.39, 0.29) is 41.5 Å². The van der Waals surface area contributed by atoms with Crippen LogP contribution in [0.25, 0.3) is 0 Å². The molecule has 0 aromatic rings. The molecule has 0 radical (unpaired) electrons. The maximum Gasteiger partial charge on any atom is 1.00 e. The van der Waals surface area contributed by atoms with Crippen LogP contribution < -0.4 is 40.0 Å². The van der Waals surface area contributed by atoms with E-state index in [1.165, 1.54) is 6.42 Å². The van der Waals surface area contributed by atoms with Gasteiger partial charge >= 0.3 is 29.6 Å². The van der Waals surface area contributed by atoms with Crippen molar-refractivity contribution in [3.05, 3.63) is 12.2 Å². The number of carbonyl (C=O) groups excluding carboxylic acids is 2. The Hall–Kier alpha value is -0.360. The molecule has 5 unspecified atom stereocenters. The van der Waals surface area contributed by atoms with Crippen LogP contribution in [0.15, 0.2) is 12.2 Å². The number of fused-ring (bicyclic) bond motifs is 2. The minimum Gasteiger partial charge on any atom is -0.547 e. The molecular weight excluding hydrogens is 269 g/mol. The molecule has 1 N–H and O–H groups in total. The average molecular weight is 287 g/mol. The van der Waals surface area contributed by atoms with Crippen molar-refractivity contribution < 1.29 is 49.0 Å². The van der Waals surface area contributed by atoms with Crippen molar-refractivity contribution in [3.63, 3.8) is 0 Å². The van der Waals surface area contributed by atoms with Gasteiger partial charge in [0.1, 0.15) is 6.10 Å². The number of carboxylic acid groups (broad SMARTS) is 1. The summed E-state index contributed by atoms with van der Waals surface area (Å²) >= 11 is 0. The number of hydrogen-bond acceptors (Lipinski definition) is 4. The summed E-state index contributed by atoms with van der Waals surface area (Å²) in [5.74, 6) is -0.396. The zero-order chi connectivity index (χ0) is 13.4. The molecule has 0 aromatic carbocycles. The number of carbonyl (C=O) groups is 2. The van der Waals surface area contributed by atoms with Crippen molar-refractivity contribution in [1.29, 1.82) is 0 Å². The predicted molar refractivity (Wildman–Crippen MR) is 64.8 cm³/mol. The summed E-state index contributed by atoms with van der Waals surface area (Å²) in [7, 11) is 0. The first-order chi connectivity index (χ1) is 9.13. The SMILES string of the molecule is O=C([O-])C1CCC(C(=O)NC2CC3C=CC2CC3)O1.[Na+]. The number of allylic oxidation sites excluding steroid dienone is 1. The molecule has 1 saturated carbocycles. The van der Waals surface area contributed by atoms with Gasteiger partial charge in [0.25, 0.3) is 0 Å². The van der Waals surface area contributed by atoms with Crippen LogP contribution in [0.4, 0.5) is 0 Å². The molecule has 20 heavy (non-hydrogen) atoms. The number of hydrogen-bond donors (Lipinski definition) is 1. The molecule has 4 aliphatic rings. The third-order valence-electron chi connectivity index (χ3n) is 4.48. The minimum absolute atomic E-state index is 0. The Morgan fingerprint density at radius 2 is 1.85 bits per heavy atom. The van der Waals surface area contributed by atoms with Gasteiger partial charge < -0.3 is 20.0 Å². The first kappa shape index (κ1) is 16.0. The van der Waals surface area contributed by atoms with E-state index in [1.54, 1.807) is 0 Å². The zero-order valence-corrected chi connectivity index (χ0v) is 13.7. The second-order valence-corrected chi connectivity index (χ2v) is 5.75. The van der Waals surface area contributed by atoms with E-state index in [1.807, 2.05) is 0 Å². The van der Waals surface area contributed by atoms with E-state index in [0.717, 1.165) is 12.8 Å². The second-order valence-electron chi connectivity index (χ2n) is 5.75. The van der Waals surface area contributed by atoms with E-state index < -0.39 is 18.2 Å². The largest absolute Gasteiger partial charge is 1.00 e. The summed E-state index contributed by atoms with van der Waals surface area (Å²) in [6.45, 7) is 0. The fourth-order valence-electron chi connectivity index (χ4n) is 3.38. The Labute approximate surface area is 140 Å². The van der Waals surface area contributed by atoms with Crippen molar-refractivity contribution >= 4 is 11.9 Å². The maximum atomic E-state index is 12.1. The number of nitrogens with one attached hydrogen (secondary N) is 1. The van der Waals surface area contributed by atoms with E-state index in [4.69, 9.17) is 4.74 Å². The molecule has 1 amide bonds. The van der Waals surface area contributed by atoms with Gasteiger partial charge in [0, 0.05) is 6.04 Å². The molecule has 104 valence electrons. The van der Waals surface area contributed by atoms with Gasteiger partial charge in [-0.1, -0.05) is 12.2 Å². The van der Waals surface area contributed by atoms with Crippen molar-refractivity contribution in [1.82, 2.24) is 5.32 Å². The van der Waals surface area contributed by atoms with Gasteiger partial charge in [0.15, 0.2) is 0 Å². The van der Waals surface area contributed by atoms with E-state index in [9.17, 15) is 14.7 Å². The third kappa shape index (κ3) is 3.27. The second kappa shape index (κ2) is 6.60. The molecule has 1 saturated heterocycles. The van der Waals surface area contributed by atoms with Crippen LogP contribution in [-0.2, 0) is 14.3 Å². The monoisotopic (exact) mass is 287 g/mol. The van der Waals surface area contributed by atoms with Crippen LogP contribution >= 0.6 is 0 Å². The molecule has 1 aliphatic heterocycles. The Morgan fingerprint density at radius 3 is 2.35 bits per heavy atom. The quantitative estimate of drug-likeness (QED) is 0.437. The molecule has 0 spiro atoms. The molecule has 6 heteroatoms. The molecule has 2 bridgehead atoms. The van der Waals surface area contributed by atoms with Crippen LogP contribution in [-0.4, -0.2) is 30.1 Å². The van der Waals surface area contributed by atoms with Crippen molar-refractivity contribution in [2.75, 3.05) is 0 Å². The van der Waals surface area contributed by atoms with E-state index in [2.05, 4.69) is 17.5 Å². The van der Waals surface area contributed by atoms with Crippen LogP contribution in [0, 0.1) is 11.8 Å². The van der Waals surface area contributed by atoms with Gasteiger partial charge in [-0.2, -0.15) is 0 Å². The predicted octanol–water partition coefficient (Wildman–Crippen LogP) is -3.24. The standard InChI is InChI=1S/C14H19NO4.Na/c16-13(11-5-6-12(19-11)14(17)18)15-10-7-8-1-3-9(10)4-2-8;/h1,3,8-12H,2,4-7H2,(H,15,16)(H,17,18);/q;+1/p-1. The number of ether oxygens (including phenoxy) is 1. The Morgan fingerprint density at radius 1 is 1.10 bits per heavy atom. The maximum absolute atomic E-state index is 12.1. The number of aliphatic carboxylic acids is 1. The summed E-state index contributed by atoms with van der Waals surface area (Å²) in [6.07, 6.45) is 7.02. The molecule has 5 nitrogen and oxygen atoms in total. The van der Waals surface area contributed by atoms with Gasteiger partial charge in [0.2, 0.25) is 5.91 Å². The molecule has 0 aromatic heterocycles. The molecule has 5 atom stereocenters. The van der Waals surface area contributed by atoms with Crippen LogP contribution in [0.5, 0.6) is 0 Å². The molecule has 2 fully saturated rings. The fraction of sp³-hybridized carbons (Fsp3) is 0.714. The first-order valence-electron chi connectivity index (χ1n) is 6.98. The smallest absolute Gasteiger partial charge is 0.547 e. The summed E-state index contributed by atoms with van der Waals surface area (Å²) in [6, 6.07) is 0.182. The number of amides is 1. The molecule has 4 rings (SSSR count). The van der Waals surface area contributed by atoms with Gasteiger partial charge in [-0.25, -0.2) is 0 Å². The van der Waals surface area contributed by atoms with E-state index >= 15 is 0 Å². The van der Waals surface area contributed by atoms with Crippen LogP contribution in [0.2, 0.25) is 0 Å². The van der Waals surface area contributed by atoms with Crippen molar-refractivity contribution in [2.24, 2.45) is 11.8 Å². The van der Waals surface area contributed by atoms with E-state index in [0.29, 0.717) is 24.7 Å². The van der Waals surface area contributed by atoms with Crippen LogP contribution in [0.1, 0.15) is 32.1 Å². The first-order valence-corrected chi connectivity index (χ1v) is 6.98. The summed E-state index contributed by atoms with van der Waals surface area (Å²) in [5.41, 5.74) is 0. The van der Waals surface area contributed by atoms with Crippen molar-refractivity contribution in [3.8, 4) is 0 Å². The normalized spacial score (nSPS) is 38.3. The topological polar surface area (TPSA) is 78.5 Å². The molecule has 1 heterocycles. The Bertz CT molecular complexity index is 425. The fourth-order valence-corrected chi connectivity index (χ4v) is 3.38. The van der Waals surface area contributed by atoms with Gasteiger partial charge in [-0.15, -0.1) is 0 Å². The average Bonchev–Trinajstić information content (AvgIpc) is 2.90. The molecule has 3 aliphatic carbocycles. The van der Waals surface area contributed by atoms with Gasteiger partial charge in [0.05, 0.1) is 12.1 Å². The van der Waals surface area contributed by atoms with Gasteiger partial charge in [-0.05, 0) is 43.9 Å². The Kier molecular flexibility index (Phi) is 5.29. The minimum atomic E-state index is -1.23. The zero-order valence-electron chi connectivity index (χ0n) is 11.7. The number of rotatable bonds is 3. The number of carboxylic acids is 1. The summed E-state index contributed by atoms with van der Waals surface area (Å²) in [4.78, 5) is 22.8. The third-order valence-corrected chi connectivity index (χ3v) is 4.48. The molecular formula is C14H18NNaO4. The Balaban J connectivity index is 0.00000147. The van der Waals surface area contributed by atoms with Crippen molar-refractivity contribution in [2.45, 2.75) is 50.4 Å².